The van der Waals surface area contributed by atoms with Crippen molar-refractivity contribution in [1.82, 2.24) is 19.5 Å². The maximum atomic E-state index is 6.24. The van der Waals surface area contributed by atoms with Gasteiger partial charge >= 0.3 is 0 Å². The van der Waals surface area contributed by atoms with Crippen LogP contribution in [0.1, 0.15) is 11.4 Å². The Hall–Kier alpha value is -5.46. The minimum Gasteiger partial charge on any atom is -0.501 e. The van der Waals surface area contributed by atoms with E-state index in [4.69, 9.17) is 14.4 Å². The fourth-order valence-electron chi connectivity index (χ4n) is 6.87. The maximum Gasteiger partial charge on any atom is 0.120 e. The molecule has 0 aliphatic heterocycles. The van der Waals surface area contributed by atoms with Gasteiger partial charge in [0, 0.05) is 48.8 Å². The molecule has 0 spiro atoms. The number of aromatic nitrogens is 4. The predicted molar refractivity (Wildman–Crippen MR) is 217 cm³/mol. The summed E-state index contributed by atoms with van der Waals surface area (Å²) in [7, 11) is -1.51. The van der Waals surface area contributed by atoms with Gasteiger partial charge in [-0.05, 0) is 78.3 Å². The van der Waals surface area contributed by atoms with Crippen LogP contribution in [0, 0.1) is 26.0 Å². The molecule has 5 aromatic carbocycles. The van der Waals surface area contributed by atoms with Crippen molar-refractivity contribution < 1.29 is 24.5 Å². The van der Waals surface area contributed by atoms with Gasteiger partial charge in [0.05, 0.1) is 30.5 Å². The molecular weight excluding hydrogens is 845 g/mol. The largest absolute Gasteiger partial charge is 0.501 e. The molecular formula is C46H38IrN4OSi-2. The Balaban J connectivity index is 0.000000163. The minimum atomic E-state index is -1.51. The van der Waals surface area contributed by atoms with Crippen molar-refractivity contribution in [2.24, 2.45) is 0 Å². The van der Waals surface area contributed by atoms with Crippen LogP contribution in [-0.2, 0) is 20.1 Å². The van der Waals surface area contributed by atoms with Crippen LogP contribution in [0.2, 0.25) is 19.6 Å². The second-order valence-corrected chi connectivity index (χ2v) is 19.1. The molecule has 0 N–H and O–H groups in total. The second-order valence-electron chi connectivity index (χ2n) is 14.1. The summed E-state index contributed by atoms with van der Waals surface area (Å²) >= 11 is 0. The Morgan fingerprint density at radius 3 is 2.15 bits per heavy atom. The molecule has 0 fully saturated rings. The number of hydrogen-bond donors (Lipinski definition) is 0. The summed E-state index contributed by atoms with van der Waals surface area (Å²) < 4.78 is 8.41. The van der Waals surface area contributed by atoms with Gasteiger partial charge in [-0.25, -0.2) is 0 Å². The number of nitrogens with zero attached hydrogens (tertiary/aromatic N) is 4. The number of pyridine rings is 2. The maximum absolute atomic E-state index is 6.24. The monoisotopic (exact) mass is 883 g/mol. The number of para-hydroxylation sites is 4. The van der Waals surface area contributed by atoms with E-state index in [0.29, 0.717) is 0 Å². The first-order valence-corrected chi connectivity index (χ1v) is 21.0. The van der Waals surface area contributed by atoms with Crippen molar-refractivity contribution in [3.63, 3.8) is 0 Å². The number of rotatable bonds is 5. The van der Waals surface area contributed by atoms with Crippen molar-refractivity contribution in [3.05, 3.63) is 163 Å². The summed E-state index contributed by atoms with van der Waals surface area (Å²) in [5.41, 5.74) is 12.3. The normalized spacial score (nSPS) is 11.3. The molecule has 0 aliphatic rings. The summed E-state index contributed by atoms with van der Waals surface area (Å²) in [6.45, 7) is 11.2. The molecule has 9 aromatic rings. The average Bonchev–Trinajstić information content (AvgIpc) is 3.74. The van der Waals surface area contributed by atoms with Crippen LogP contribution in [0.15, 0.2) is 144 Å². The van der Waals surface area contributed by atoms with Crippen LogP contribution < -0.4 is 5.19 Å². The van der Waals surface area contributed by atoms with Gasteiger partial charge in [0.25, 0.3) is 0 Å². The van der Waals surface area contributed by atoms with Crippen LogP contribution in [-0.4, -0.2) is 27.6 Å². The average molecular weight is 883 g/mol. The number of furan rings is 1. The second kappa shape index (κ2) is 14.9. The molecule has 7 heteroatoms. The first-order valence-electron chi connectivity index (χ1n) is 17.5. The molecule has 53 heavy (non-hydrogen) atoms. The number of aryl methyl sites for hydroxylation is 2. The quantitative estimate of drug-likeness (QED) is 0.128. The van der Waals surface area contributed by atoms with Gasteiger partial charge in [-0.3, -0.25) is 9.97 Å². The van der Waals surface area contributed by atoms with Crippen molar-refractivity contribution in [2.75, 3.05) is 0 Å². The molecule has 9 rings (SSSR count). The molecule has 0 bridgehead atoms. The van der Waals surface area contributed by atoms with E-state index in [1.165, 1.54) is 16.3 Å². The van der Waals surface area contributed by atoms with Gasteiger partial charge in [0.2, 0.25) is 0 Å². The summed E-state index contributed by atoms with van der Waals surface area (Å²) in [6.07, 6.45) is 2.07. The smallest absolute Gasteiger partial charge is 0.120 e. The van der Waals surface area contributed by atoms with E-state index in [1.807, 2.05) is 78.9 Å². The van der Waals surface area contributed by atoms with E-state index in [0.717, 1.165) is 72.7 Å². The molecule has 0 unspecified atom stereocenters. The zero-order valence-corrected chi connectivity index (χ0v) is 33.7. The third-order valence-electron chi connectivity index (χ3n) is 9.23. The van der Waals surface area contributed by atoms with Gasteiger partial charge in [0.1, 0.15) is 5.58 Å². The van der Waals surface area contributed by atoms with Gasteiger partial charge < -0.3 is 14.0 Å². The van der Waals surface area contributed by atoms with E-state index in [9.17, 15) is 0 Å². The fourth-order valence-corrected chi connectivity index (χ4v) is 8.35. The Kier molecular flexibility index (Phi) is 10.1. The van der Waals surface area contributed by atoms with Gasteiger partial charge in [-0.1, -0.05) is 85.2 Å². The van der Waals surface area contributed by atoms with Crippen LogP contribution in [0.4, 0.5) is 0 Å². The topological polar surface area (TPSA) is 56.7 Å². The third kappa shape index (κ3) is 7.16. The van der Waals surface area contributed by atoms with Crippen molar-refractivity contribution in [2.45, 2.75) is 33.5 Å². The summed E-state index contributed by atoms with van der Waals surface area (Å²) in [6, 6.07) is 51.8. The Bertz CT molecular complexity index is 2680. The Labute approximate surface area is 324 Å². The van der Waals surface area contributed by atoms with Crippen LogP contribution >= 0.6 is 0 Å². The molecule has 0 atom stereocenters. The van der Waals surface area contributed by atoms with E-state index in [2.05, 4.69) is 116 Å². The molecule has 263 valence electrons. The summed E-state index contributed by atoms with van der Waals surface area (Å²) in [5, 5.41) is 3.57. The van der Waals surface area contributed by atoms with Crippen LogP contribution in [0.25, 0.3) is 72.4 Å². The first kappa shape index (κ1) is 35.9. The van der Waals surface area contributed by atoms with Gasteiger partial charge in [-0.2, -0.15) is 0 Å². The van der Waals surface area contributed by atoms with E-state index in [-0.39, 0.29) is 20.1 Å². The summed E-state index contributed by atoms with van der Waals surface area (Å²) in [4.78, 5) is 14.2. The molecule has 0 saturated heterocycles. The predicted octanol–water partition coefficient (Wildman–Crippen LogP) is 11.2. The Morgan fingerprint density at radius 2 is 1.40 bits per heavy atom. The van der Waals surface area contributed by atoms with Crippen molar-refractivity contribution in [3.8, 4) is 39.5 Å². The number of hydrogen-bond acceptors (Lipinski definition) is 4. The molecule has 0 aliphatic carbocycles. The molecule has 4 aromatic heterocycles. The van der Waals surface area contributed by atoms with Gasteiger partial charge in [0.15, 0.2) is 0 Å². The number of fused-ring (bicyclic) bond motifs is 4. The standard InChI is InChI=1S/C25H15N2O.C21H23N2Si.Ir/c1-2-9-17(10-3-1)27-22-15-6-5-14-21(22)26-25(27)20-13-8-12-19-18-11-4-7-16-23(18)28-24(19)20;1-15-11-18(12-16(2)23-15)19-13-20(17-9-7-6-8-10-17)22-14-21(19)24(3,4)5;/h1-12,14-16H;6-9,11-14H,1-5H3;/q2*-1;. The van der Waals surface area contributed by atoms with E-state index >= 15 is 0 Å². The van der Waals surface area contributed by atoms with Gasteiger partial charge in [-0.15, -0.1) is 54.1 Å². The molecule has 0 amide bonds. The van der Waals surface area contributed by atoms with Crippen molar-refractivity contribution >= 4 is 46.2 Å². The fraction of sp³-hybridized carbons (Fsp3) is 0.109. The number of benzene rings is 5. The van der Waals surface area contributed by atoms with Crippen LogP contribution in [0.5, 0.6) is 0 Å². The molecule has 5 nitrogen and oxygen atoms in total. The third-order valence-corrected chi connectivity index (χ3v) is 11.2. The number of imidazole rings is 1. The SMILES string of the molecule is Cc1cc(-c2cc(-c3[c-]cccc3)ncc2[Si](C)(C)C)cc(C)n1.[Ir].[c-]1ccc2c(oc3ccccc32)c1-c1nc2ccccc2n1-c1ccccc1. The zero-order chi connectivity index (χ0) is 35.8. The van der Waals surface area contributed by atoms with Crippen LogP contribution in [0.3, 0.4) is 0 Å². The molecule has 0 saturated carbocycles. The zero-order valence-electron chi connectivity index (χ0n) is 30.3. The minimum absolute atomic E-state index is 0. The van der Waals surface area contributed by atoms with E-state index < -0.39 is 8.07 Å². The molecule has 1 radical (unpaired) electrons. The Morgan fingerprint density at radius 1 is 0.679 bits per heavy atom. The summed E-state index contributed by atoms with van der Waals surface area (Å²) in [5.74, 6) is 0.831. The first-order chi connectivity index (χ1) is 25.2. The molecule has 4 heterocycles. The van der Waals surface area contributed by atoms with Crippen molar-refractivity contribution in [1.29, 1.82) is 0 Å². The van der Waals surface area contributed by atoms with E-state index in [1.54, 1.807) is 0 Å².